The summed E-state index contributed by atoms with van der Waals surface area (Å²) in [5.74, 6) is -1.09. The van der Waals surface area contributed by atoms with E-state index in [4.69, 9.17) is 5.11 Å². The van der Waals surface area contributed by atoms with E-state index in [2.05, 4.69) is 5.32 Å². The molecule has 0 aromatic carbocycles. The number of aliphatic hydroxyl groups is 1. The van der Waals surface area contributed by atoms with Gasteiger partial charge in [0.05, 0.1) is 12.5 Å². The summed E-state index contributed by atoms with van der Waals surface area (Å²) in [5.41, 5.74) is 0. The fourth-order valence-corrected chi connectivity index (χ4v) is 2.81. The number of aliphatic carboxylic acids is 1. The minimum atomic E-state index is -0.760. The van der Waals surface area contributed by atoms with Crippen molar-refractivity contribution in [3.63, 3.8) is 0 Å². The number of amides is 2. The highest BCUT2D eigenvalue weighted by Crippen LogP contribution is 2.29. The smallest absolute Gasteiger partial charge is 0.317 e. The van der Waals surface area contributed by atoms with Gasteiger partial charge in [0.2, 0.25) is 0 Å². The van der Waals surface area contributed by atoms with Crippen LogP contribution in [0.5, 0.6) is 0 Å². The maximum atomic E-state index is 12.0. The molecule has 1 saturated carbocycles. The summed E-state index contributed by atoms with van der Waals surface area (Å²) in [7, 11) is 0. The number of urea groups is 1. The Labute approximate surface area is 120 Å². The van der Waals surface area contributed by atoms with Crippen LogP contribution >= 0.6 is 0 Å². The van der Waals surface area contributed by atoms with Crippen LogP contribution in [0, 0.1) is 11.8 Å². The van der Waals surface area contributed by atoms with Crippen LogP contribution in [0.15, 0.2) is 0 Å². The van der Waals surface area contributed by atoms with Gasteiger partial charge in [-0.3, -0.25) is 4.79 Å². The molecule has 0 aromatic heterocycles. The van der Waals surface area contributed by atoms with E-state index in [-0.39, 0.29) is 24.5 Å². The van der Waals surface area contributed by atoms with Crippen LogP contribution in [0.3, 0.4) is 0 Å². The molecule has 20 heavy (non-hydrogen) atoms. The van der Waals surface area contributed by atoms with Crippen molar-refractivity contribution in [2.75, 3.05) is 26.2 Å². The van der Waals surface area contributed by atoms with Crippen molar-refractivity contribution >= 4 is 12.0 Å². The fraction of sp³-hybridized carbons (Fsp3) is 0.857. The van der Waals surface area contributed by atoms with Crippen LogP contribution in [-0.4, -0.2) is 53.4 Å². The Morgan fingerprint density at radius 2 is 1.95 bits per heavy atom. The van der Waals surface area contributed by atoms with Gasteiger partial charge in [-0.05, 0) is 25.2 Å². The Kier molecular flexibility index (Phi) is 7.36. The lowest BCUT2D eigenvalue weighted by Crippen LogP contribution is -2.45. The lowest BCUT2D eigenvalue weighted by atomic mass is 9.79. The summed E-state index contributed by atoms with van der Waals surface area (Å²) in [6.45, 7) is 3.22. The van der Waals surface area contributed by atoms with Gasteiger partial charge in [-0.2, -0.15) is 0 Å². The summed E-state index contributed by atoms with van der Waals surface area (Å²) >= 11 is 0. The Bertz CT molecular complexity index is 316. The first-order valence-electron chi connectivity index (χ1n) is 7.46. The Hall–Kier alpha value is -1.30. The van der Waals surface area contributed by atoms with Crippen LogP contribution in [0.25, 0.3) is 0 Å². The van der Waals surface area contributed by atoms with E-state index in [1.54, 1.807) is 4.90 Å². The van der Waals surface area contributed by atoms with Gasteiger partial charge in [0.15, 0.2) is 0 Å². The van der Waals surface area contributed by atoms with E-state index in [0.29, 0.717) is 26.1 Å². The van der Waals surface area contributed by atoms with Crippen molar-refractivity contribution in [2.45, 2.75) is 39.0 Å². The van der Waals surface area contributed by atoms with Crippen molar-refractivity contribution < 1.29 is 19.8 Å². The number of hydrogen-bond acceptors (Lipinski definition) is 3. The Balaban J connectivity index is 2.46. The van der Waals surface area contributed by atoms with Gasteiger partial charge in [-0.15, -0.1) is 0 Å². The number of carboxylic acid groups (broad SMARTS) is 1. The number of aliphatic hydroxyl groups excluding tert-OH is 1. The number of hydrogen-bond donors (Lipinski definition) is 3. The number of carbonyl (C=O) groups is 2. The number of carbonyl (C=O) groups excluding carboxylic acids is 1. The molecule has 1 rings (SSSR count). The normalized spacial score (nSPS) is 22.3. The van der Waals surface area contributed by atoms with Crippen LogP contribution in [-0.2, 0) is 4.79 Å². The van der Waals surface area contributed by atoms with Crippen molar-refractivity contribution in [1.82, 2.24) is 10.2 Å². The molecule has 1 aliphatic rings. The SMILES string of the molecule is CCCN(CCO)C(=O)NCC1CCCCC1C(=O)O. The Morgan fingerprint density at radius 1 is 1.25 bits per heavy atom. The summed E-state index contributed by atoms with van der Waals surface area (Å²) in [4.78, 5) is 24.8. The lowest BCUT2D eigenvalue weighted by Gasteiger charge is -2.30. The van der Waals surface area contributed by atoms with E-state index in [0.717, 1.165) is 25.7 Å². The fourth-order valence-electron chi connectivity index (χ4n) is 2.81. The standard InChI is InChI=1S/C14H26N2O4/c1-2-7-16(8-9-17)14(20)15-10-11-5-3-4-6-12(11)13(18)19/h11-12,17H,2-10H2,1H3,(H,15,20)(H,18,19). The molecule has 2 amide bonds. The molecule has 0 radical (unpaired) electrons. The molecule has 0 aliphatic heterocycles. The van der Waals surface area contributed by atoms with Gasteiger partial charge in [0.25, 0.3) is 0 Å². The number of rotatable bonds is 7. The first-order valence-corrected chi connectivity index (χ1v) is 7.46. The second kappa shape index (κ2) is 8.79. The number of nitrogens with one attached hydrogen (secondary N) is 1. The molecule has 0 spiro atoms. The van der Waals surface area contributed by atoms with Crippen molar-refractivity contribution in [3.05, 3.63) is 0 Å². The largest absolute Gasteiger partial charge is 0.481 e. The molecule has 6 nitrogen and oxygen atoms in total. The molecule has 0 saturated heterocycles. The summed E-state index contributed by atoms with van der Waals surface area (Å²) in [6.07, 6.45) is 4.36. The predicted molar refractivity (Wildman–Crippen MR) is 75.4 cm³/mol. The van der Waals surface area contributed by atoms with Gasteiger partial charge in [0.1, 0.15) is 0 Å². The van der Waals surface area contributed by atoms with Gasteiger partial charge in [0, 0.05) is 19.6 Å². The van der Waals surface area contributed by atoms with Gasteiger partial charge >= 0.3 is 12.0 Å². The van der Waals surface area contributed by atoms with Crippen molar-refractivity contribution in [1.29, 1.82) is 0 Å². The van der Waals surface area contributed by atoms with E-state index in [1.165, 1.54) is 0 Å². The highest BCUT2D eigenvalue weighted by molar-refractivity contribution is 5.74. The van der Waals surface area contributed by atoms with Crippen molar-refractivity contribution in [3.8, 4) is 0 Å². The highest BCUT2D eigenvalue weighted by atomic mass is 16.4. The molecular weight excluding hydrogens is 260 g/mol. The Morgan fingerprint density at radius 3 is 2.55 bits per heavy atom. The first kappa shape index (κ1) is 16.8. The molecular formula is C14H26N2O4. The van der Waals surface area contributed by atoms with Crippen LogP contribution < -0.4 is 5.32 Å². The molecule has 6 heteroatoms. The average molecular weight is 286 g/mol. The monoisotopic (exact) mass is 286 g/mol. The molecule has 1 aliphatic carbocycles. The third-order valence-corrected chi connectivity index (χ3v) is 3.89. The maximum Gasteiger partial charge on any atom is 0.317 e. The minimum Gasteiger partial charge on any atom is -0.481 e. The molecule has 0 heterocycles. The summed E-state index contributed by atoms with van der Waals surface area (Å²) in [6, 6.07) is -0.212. The molecule has 116 valence electrons. The third kappa shape index (κ3) is 5.00. The highest BCUT2D eigenvalue weighted by Gasteiger charge is 2.31. The molecule has 0 aromatic rings. The van der Waals surface area contributed by atoms with Gasteiger partial charge in [-0.1, -0.05) is 19.8 Å². The molecule has 2 atom stereocenters. The number of carboxylic acids is 1. The van der Waals surface area contributed by atoms with Crippen molar-refractivity contribution in [2.24, 2.45) is 11.8 Å². The van der Waals surface area contributed by atoms with E-state index < -0.39 is 5.97 Å². The summed E-state index contributed by atoms with van der Waals surface area (Å²) < 4.78 is 0. The van der Waals surface area contributed by atoms with Crippen LogP contribution in [0.2, 0.25) is 0 Å². The second-order valence-electron chi connectivity index (χ2n) is 5.39. The lowest BCUT2D eigenvalue weighted by molar-refractivity contribution is -0.144. The second-order valence-corrected chi connectivity index (χ2v) is 5.39. The van der Waals surface area contributed by atoms with Crippen LogP contribution in [0.1, 0.15) is 39.0 Å². The first-order chi connectivity index (χ1) is 9.60. The number of nitrogens with zero attached hydrogens (tertiary/aromatic N) is 1. The predicted octanol–water partition coefficient (Wildman–Crippen LogP) is 1.29. The van der Waals surface area contributed by atoms with Gasteiger partial charge < -0.3 is 20.4 Å². The quantitative estimate of drug-likeness (QED) is 0.658. The van der Waals surface area contributed by atoms with Crippen LogP contribution in [0.4, 0.5) is 4.79 Å². The minimum absolute atomic E-state index is 0.0165. The molecule has 2 unspecified atom stereocenters. The maximum absolute atomic E-state index is 12.0. The zero-order valence-corrected chi connectivity index (χ0v) is 12.2. The van der Waals surface area contributed by atoms with E-state index >= 15 is 0 Å². The molecule has 0 bridgehead atoms. The zero-order chi connectivity index (χ0) is 15.0. The molecule has 3 N–H and O–H groups in total. The molecule has 1 fully saturated rings. The third-order valence-electron chi connectivity index (χ3n) is 3.89. The van der Waals surface area contributed by atoms with E-state index in [1.807, 2.05) is 6.92 Å². The summed E-state index contributed by atoms with van der Waals surface area (Å²) in [5, 5.41) is 21.0. The average Bonchev–Trinajstić information content (AvgIpc) is 2.44. The topological polar surface area (TPSA) is 89.9 Å². The van der Waals surface area contributed by atoms with Gasteiger partial charge in [-0.25, -0.2) is 4.79 Å². The zero-order valence-electron chi connectivity index (χ0n) is 12.2. The van der Waals surface area contributed by atoms with E-state index in [9.17, 15) is 14.7 Å².